The van der Waals surface area contributed by atoms with Crippen molar-refractivity contribution in [1.29, 1.82) is 0 Å². The molecule has 0 unspecified atom stereocenters. The van der Waals surface area contributed by atoms with Gasteiger partial charge < -0.3 is 4.52 Å². The molecule has 3 nitrogen and oxygen atoms in total. The number of benzene rings is 1. The highest BCUT2D eigenvalue weighted by molar-refractivity contribution is 7.07. The third-order valence-electron chi connectivity index (χ3n) is 2.44. The van der Waals surface area contributed by atoms with Gasteiger partial charge in [0.05, 0.1) is 6.42 Å². The van der Waals surface area contributed by atoms with Crippen molar-refractivity contribution in [3.8, 4) is 11.4 Å². The minimum atomic E-state index is 0.649. The summed E-state index contributed by atoms with van der Waals surface area (Å²) in [4.78, 5) is 4.38. The number of hydrogen-bond acceptors (Lipinski definition) is 4. The van der Waals surface area contributed by atoms with Crippen molar-refractivity contribution in [3.05, 3.63) is 58.6 Å². The highest BCUT2D eigenvalue weighted by Gasteiger charge is 2.08. The Kier molecular flexibility index (Phi) is 2.71. The van der Waals surface area contributed by atoms with Gasteiger partial charge in [-0.1, -0.05) is 35.5 Å². The van der Waals surface area contributed by atoms with Crippen LogP contribution in [0, 0.1) is 0 Å². The van der Waals surface area contributed by atoms with Crippen LogP contribution in [0.5, 0.6) is 0 Å². The molecule has 0 saturated heterocycles. The zero-order chi connectivity index (χ0) is 11.5. The molecule has 3 rings (SSSR count). The maximum Gasteiger partial charge on any atom is 0.231 e. The highest BCUT2D eigenvalue weighted by Crippen LogP contribution is 2.17. The molecule has 0 fully saturated rings. The van der Waals surface area contributed by atoms with Crippen LogP contribution < -0.4 is 0 Å². The lowest BCUT2D eigenvalue weighted by Crippen LogP contribution is -1.85. The van der Waals surface area contributed by atoms with Crippen LogP contribution in [-0.4, -0.2) is 10.1 Å². The largest absolute Gasteiger partial charge is 0.339 e. The summed E-state index contributed by atoms with van der Waals surface area (Å²) in [5.41, 5.74) is 2.19. The normalized spacial score (nSPS) is 10.6. The molecule has 0 aliphatic carbocycles. The third-order valence-corrected chi connectivity index (χ3v) is 3.17. The van der Waals surface area contributed by atoms with Crippen molar-refractivity contribution in [1.82, 2.24) is 10.1 Å². The molecule has 17 heavy (non-hydrogen) atoms. The van der Waals surface area contributed by atoms with Crippen LogP contribution in [0.15, 0.2) is 51.7 Å². The Morgan fingerprint density at radius 3 is 2.76 bits per heavy atom. The molecule has 0 bridgehead atoms. The quantitative estimate of drug-likeness (QED) is 0.706. The Balaban J connectivity index is 1.84. The fourth-order valence-corrected chi connectivity index (χ4v) is 2.27. The molecular formula is C13H10N2OS. The summed E-state index contributed by atoms with van der Waals surface area (Å²) >= 11 is 1.67. The van der Waals surface area contributed by atoms with Gasteiger partial charge in [0.1, 0.15) is 0 Å². The molecule has 2 aromatic heterocycles. The molecule has 0 spiro atoms. The van der Waals surface area contributed by atoms with E-state index in [2.05, 4.69) is 21.6 Å². The summed E-state index contributed by atoms with van der Waals surface area (Å²) in [6.07, 6.45) is 0.698. The standard InChI is InChI=1S/C13H10N2OS/c1-2-4-11(5-3-1)13-14-12(16-15-13)8-10-6-7-17-9-10/h1-7,9H,8H2. The molecule has 3 aromatic rings. The van der Waals surface area contributed by atoms with E-state index in [4.69, 9.17) is 4.52 Å². The smallest absolute Gasteiger partial charge is 0.231 e. The van der Waals surface area contributed by atoms with Crippen molar-refractivity contribution < 1.29 is 4.52 Å². The van der Waals surface area contributed by atoms with Gasteiger partial charge in [-0.3, -0.25) is 0 Å². The number of nitrogens with zero attached hydrogens (tertiary/aromatic N) is 2. The van der Waals surface area contributed by atoms with E-state index in [1.165, 1.54) is 5.56 Å². The number of rotatable bonds is 3. The second kappa shape index (κ2) is 4.51. The Morgan fingerprint density at radius 2 is 2.00 bits per heavy atom. The Morgan fingerprint density at radius 1 is 1.12 bits per heavy atom. The molecule has 0 atom stereocenters. The van der Waals surface area contributed by atoms with Crippen molar-refractivity contribution in [3.63, 3.8) is 0 Å². The van der Waals surface area contributed by atoms with Gasteiger partial charge in [0.25, 0.3) is 0 Å². The fourth-order valence-electron chi connectivity index (χ4n) is 1.60. The fraction of sp³-hybridized carbons (Fsp3) is 0.0769. The predicted molar refractivity (Wildman–Crippen MR) is 66.9 cm³/mol. The summed E-state index contributed by atoms with van der Waals surface area (Å²) in [5.74, 6) is 1.30. The van der Waals surface area contributed by atoms with Crippen molar-refractivity contribution in [2.24, 2.45) is 0 Å². The van der Waals surface area contributed by atoms with Gasteiger partial charge in [0, 0.05) is 5.56 Å². The molecule has 0 aliphatic heterocycles. The second-order valence-electron chi connectivity index (χ2n) is 3.69. The van der Waals surface area contributed by atoms with Crippen molar-refractivity contribution >= 4 is 11.3 Å². The van der Waals surface area contributed by atoms with Crippen LogP contribution in [0.25, 0.3) is 11.4 Å². The molecule has 0 aliphatic rings. The molecule has 84 valence electrons. The Bertz CT molecular complexity index is 587. The molecule has 0 saturated carbocycles. The first-order chi connectivity index (χ1) is 8.42. The highest BCUT2D eigenvalue weighted by atomic mass is 32.1. The number of hydrogen-bond donors (Lipinski definition) is 0. The van der Waals surface area contributed by atoms with Gasteiger partial charge in [0.2, 0.25) is 11.7 Å². The summed E-state index contributed by atoms with van der Waals surface area (Å²) < 4.78 is 5.24. The van der Waals surface area contributed by atoms with E-state index in [1.54, 1.807) is 11.3 Å². The van der Waals surface area contributed by atoms with E-state index in [1.807, 2.05) is 35.7 Å². The Labute approximate surface area is 103 Å². The first-order valence-corrected chi connectivity index (χ1v) is 6.25. The molecule has 1 aromatic carbocycles. The van der Waals surface area contributed by atoms with Crippen LogP contribution in [0.1, 0.15) is 11.5 Å². The lowest BCUT2D eigenvalue weighted by molar-refractivity contribution is 0.386. The molecule has 4 heteroatoms. The molecule has 2 heterocycles. The summed E-state index contributed by atoms with van der Waals surface area (Å²) in [6, 6.07) is 11.9. The van der Waals surface area contributed by atoms with E-state index >= 15 is 0 Å². The first kappa shape index (κ1) is 10.2. The lowest BCUT2D eigenvalue weighted by atomic mass is 10.2. The van der Waals surface area contributed by atoms with Gasteiger partial charge >= 0.3 is 0 Å². The van der Waals surface area contributed by atoms with E-state index in [0.717, 1.165) is 5.56 Å². The van der Waals surface area contributed by atoms with Gasteiger partial charge in [-0.2, -0.15) is 16.3 Å². The van der Waals surface area contributed by atoms with E-state index in [9.17, 15) is 0 Å². The third kappa shape index (κ3) is 2.26. The summed E-state index contributed by atoms with van der Waals surface area (Å²) in [7, 11) is 0. The minimum absolute atomic E-state index is 0.649. The van der Waals surface area contributed by atoms with Crippen LogP contribution >= 0.6 is 11.3 Å². The van der Waals surface area contributed by atoms with Crippen LogP contribution in [0.3, 0.4) is 0 Å². The van der Waals surface area contributed by atoms with Crippen molar-refractivity contribution in [2.45, 2.75) is 6.42 Å². The predicted octanol–water partition coefficient (Wildman–Crippen LogP) is 3.39. The van der Waals surface area contributed by atoms with Gasteiger partial charge in [-0.15, -0.1) is 0 Å². The number of thiophene rings is 1. The Hall–Kier alpha value is -1.94. The summed E-state index contributed by atoms with van der Waals surface area (Å²) in [6.45, 7) is 0. The van der Waals surface area contributed by atoms with E-state index < -0.39 is 0 Å². The van der Waals surface area contributed by atoms with Crippen LogP contribution in [0.2, 0.25) is 0 Å². The average molecular weight is 242 g/mol. The van der Waals surface area contributed by atoms with Crippen LogP contribution in [-0.2, 0) is 6.42 Å². The second-order valence-corrected chi connectivity index (χ2v) is 4.47. The van der Waals surface area contributed by atoms with Crippen LogP contribution in [0.4, 0.5) is 0 Å². The molecule has 0 amide bonds. The molecule has 0 N–H and O–H groups in total. The molecule has 0 radical (unpaired) electrons. The average Bonchev–Trinajstić information content (AvgIpc) is 3.02. The zero-order valence-electron chi connectivity index (χ0n) is 9.04. The topological polar surface area (TPSA) is 38.9 Å². The van der Waals surface area contributed by atoms with E-state index in [0.29, 0.717) is 18.1 Å². The summed E-state index contributed by atoms with van der Waals surface area (Å²) in [5, 5.41) is 8.12. The molecular weight excluding hydrogens is 232 g/mol. The minimum Gasteiger partial charge on any atom is -0.339 e. The number of aromatic nitrogens is 2. The monoisotopic (exact) mass is 242 g/mol. The van der Waals surface area contributed by atoms with Gasteiger partial charge in [-0.05, 0) is 22.4 Å². The lowest BCUT2D eigenvalue weighted by Gasteiger charge is -1.90. The zero-order valence-corrected chi connectivity index (χ0v) is 9.85. The maximum absolute atomic E-state index is 5.24. The van der Waals surface area contributed by atoms with Gasteiger partial charge in [-0.25, -0.2) is 0 Å². The SMILES string of the molecule is c1ccc(-c2noc(Cc3ccsc3)n2)cc1. The first-order valence-electron chi connectivity index (χ1n) is 5.31. The van der Waals surface area contributed by atoms with E-state index in [-0.39, 0.29) is 0 Å². The van der Waals surface area contributed by atoms with Crippen molar-refractivity contribution in [2.75, 3.05) is 0 Å². The maximum atomic E-state index is 5.24. The van der Waals surface area contributed by atoms with Gasteiger partial charge in [0.15, 0.2) is 0 Å².